The zero-order valence-corrected chi connectivity index (χ0v) is 11.0. The molecule has 0 heterocycles. The van der Waals surface area contributed by atoms with Crippen LogP contribution in [0.25, 0.3) is 0 Å². The van der Waals surface area contributed by atoms with Crippen molar-refractivity contribution >= 4 is 11.9 Å². The van der Waals surface area contributed by atoms with Crippen LogP contribution in [0.4, 0.5) is 0 Å². The monoisotopic (exact) mass is 302 g/mol. The van der Waals surface area contributed by atoms with Gasteiger partial charge in [-0.1, -0.05) is 24.3 Å². The van der Waals surface area contributed by atoms with E-state index >= 15 is 0 Å². The van der Waals surface area contributed by atoms with Crippen LogP contribution in [0, 0.1) is 0 Å². The van der Waals surface area contributed by atoms with Crippen LogP contribution < -0.4 is 9.68 Å². The first-order valence-corrected chi connectivity index (χ1v) is 5.98. The Hall–Kier alpha value is -3.42. The summed E-state index contributed by atoms with van der Waals surface area (Å²) in [5.41, 5.74) is -0.181. The molecule has 0 spiro atoms. The molecular weight excluding hydrogens is 292 g/mol. The van der Waals surface area contributed by atoms with Crippen molar-refractivity contribution in [2.75, 3.05) is 0 Å². The fourth-order valence-corrected chi connectivity index (χ4v) is 1.57. The van der Waals surface area contributed by atoms with E-state index in [4.69, 9.17) is 19.9 Å². The van der Waals surface area contributed by atoms with Gasteiger partial charge in [-0.3, -0.25) is 0 Å². The summed E-state index contributed by atoms with van der Waals surface area (Å²) in [5, 5.41) is 24.4. The molecular formula is C14H10N2O6. The van der Waals surface area contributed by atoms with Crippen molar-refractivity contribution in [1.82, 2.24) is 0 Å². The number of hydrogen-bond donors (Lipinski definition) is 2. The minimum absolute atomic E-state index is 0.0196. The predicted molar refractivity (Wildman–Crippen MR) is 72.9 cm³/mol. The number of aromatic carboxylic acids is 2. The average Bonchev–Trinajstić information content (AvgIpc) is 2.52. The Morgan fingerprint density at radius 3 is 1.45 bits per heavy atom. The van der Waals surface area contributed by atoms with Gasteiger partial charge in [0.1, 0.15) is 11.1 Å². The van der Waals surface area contributed by atoms with Crippen molar-refractivity contribution in [2.45, 2.75) is 0 Å². The average molecular weight is 302 g/mol. The topological polar surface area (TPSA) is 118 Å². The van der Waals surface area contributed by atoms with Crippen LogP contribution in [0.5, 0.6) is 11.5 Å². The number of carboxylic acid groups (broad SMARTS) is 2. The maximum absolute atomic E-state index is 10.9. The summed E-state index contributed by atoms with van der Waals surface area (Å²) >= 11 is 0. The molecule has 0 fully saturated rings. The van der Waals surface area contributed by atoms with Gasteiger partial charge in [0.05, 0.1) is 10.6 Å². The summed E-state index contributed by atoms with van der Waals surface area (Å²) in [7, 11) is 0. The first-order chi connectivity index (χ1) is 10.6. The molecule has 8 heteroatoms. The van der Waals surface area contributed by atoms with Gasteiger partial charge in [-0.2, -0.15) is 0 Å². The lowest BCUT2D eigenvalue weighted by Gasteiger charge is -2.02. The fourth-order valence-electron chi connectivity index (χ4n) is 1.57. The lowest BCUT2D eigenvalue weighted by molar-refractivity contribution is 0.0676. The highest BCUT2D eigenvalue weighted by atomic mass is 16.7. The van der Waals surface area contributed by atoms with Crippen LogP contribution in [0.3, 0.4) is 0 Å². The second-order valence-electron chi connectivity index (χ2n) is 3.95. The van der Waals surface area contributed by atoms with Gasteiger partial charge in [0.15, 0.2) is 11.5 Å². The van der Waals surface area contributed by atoms with E-state index in [2.05, 4.69) is 10.6 Å². The fraction of sp³-hybridized carbons (Fsp3) is 0. The van der Waals surface area contributed by atoms with Crippen LogP contribution >= 0.6 is 0 Å². The molecule has 0 unspecified atom stereocenters. The van der Waals surface area contributed by atoms with E-state index < -0.39 is 11.9 Å². The zero-order valence-electron chi connectivity index (χ0n) is 11.0. The first kappa shape index (κ1) is 15.0. The highest BCUT2D eigenvalue weighted by Gasteiger charge is 2.11. The molecule has 0 saturated carbocycles. The van der Waals surface area contributed by atoms with Crippen molar-refractivity contribution in [3.05, 3.63) is 59.7 Å². The minimum atomic E-state index is -1.18. The molecule has 0 aliphatic rings. The van der Waals surface area contributed by atoms with Crippen molar-refractivity contribution in [3.63, 3.8) is 0 Å². The predicted octanol–water partition coefficient (Wildman–Crippen LogP) is 2.82. The molecule has 8 nitrogen and oxygen atoms in total. The van der Waals surface area contributed by atoms with E-state index in [1.807, 2.05) is 0 Å². The van der Waals surface area contributed by atoms with Gasteiger partial charge in [0, 0.05) is 0 Å². The van der Waals surface area contributed by atoms with E-state index in [1.54, 1.807) is 12.1 Å². The molecule has 0 bridgehead atoms. The summed E-state index contributed by atoms with van der Waals surface area (Å²) in [4.78, 5) is 31.5. The number of para-hydroxylation sites is 2. The summed E-state index contributed by atoms with van der Waals surface area (Å²) < 4.78 is 0. The third kappa shape index (κ3) is 3.57. The van der Waals surface area contributed by atoms with Crippen LogP contribution in [0.2, 0.25) is 0 Å². The van der Waals surface area contributed by atoms with Crippen molar-refractivity contribution in [3.8, 4) is 11.5 Å². The molecule has 0 radical (unpaired) electrons. The zero-order chi connectivity index (χ0) is 15.9. The molecule has 112 valence electrons. The Balaban J connectivity index is 2.06. The van der Waals surface area contributed by atoms with Gasteiger partial charge in [-0.05, 0) is 24.3 Å². The summed E-state index contributed by atoms with van der Waals surface area (Å²) in [6, 6.07) is 11.7. The lowest BCUT2D eigenvalue weighted by Crippen LogP contribution is -2.00. The minimum Gasteiger partial charge on any atom is -0.478 e. The van der Waals surface area contributed by atoms with Gasteiger partial charge in [-0.15, -0.1) is 0 Å². The van der Waals surface area contributed by atoms with E-state index in [-0.39, 0.29) is 22.6 Å². The number of carbonyl (C=O) groups is 2. The highest BCUT2D eigenvalue weighted by Crippen LogP contribution is 2.20. The number of carboxylic acids is 2. The summed E-state index contributed by atoms with van der Waals surface area (Å²) in [6.45, 7) is 0. The molecule has 2 rings (SSSR count). The van der Waals surface area contributed by atoms with E-state index in [0.717, 1.165) is 0 Å². The van der Waals surface area contributed by atoms with E-state index in [0.29, 0.717) is 0 Å². The normalized spacial score (nSPS) is 10.4. The molecule has 2 aromatic rings. The van der Waals surface area contributed by atoms with Crippen LogP contribution in [0.1, 0.15) is 20.7 Å². The van der Waals surface area contributed by atoms with E-state index in [9.17, 15) is 9.59 Å². The smallest absolute Gasteiger partial charge is 0.339 e. The molecule has 0 aliphatic carbocycles. The Bertz CT molecular complexity index is 667. The van der Waals surface area contributed by atoms with E-state index in [1.165, 1.54) is 36.4 Å². The van der Waals surface area contributed by atoms with Crippen molar-refractivity contribution in [2.24, 2.45) is 10.6 Å². The van der Waals surface area contributed by atoms with Crippen LogP contribution in [-0.2, 0) is 0 Å². The van der Waals surface area contributed by atoms with Gasteiger partial charge in [-0.25, -0.2) is 9.59 Å². The van der Waals surface area contributed by atoms with Gasteiger partial charge in [0.25, 0.3) is 0 Å². The van der Waals surface area contributed by atoms with Gasteiger partial charge in [0.2, 0.25) is 0 Å². The maximum Gasteiger partial charge on any atom is 0.339 e. The Morgan fingerprint density at radius 1 is 0.727 bits per heavy atom. The molecule has 2 N–H and O–H groups in total. The highest BCUT2D eigenvalue weighted by molar-refractivity contribution is 5.91. The first-order valence-electron chi connectivity index (χ1n) is 5.98. The molecule has 0 aliphatic heterocycles. The SMILES string of the molecule is O=C(O)c1ccccc1ON=NOc1ccccc1C(=O)O. The second-order valence-corrected chi connectivity index (χ2v) is 3.95. The molecule has 0 saturated heterocycles. The van der Waals surface area contributed by atoms with Gasteiger partial charge < -0.3 is 19.9 Å². The van der Waals surface area contributed by atoms with Crippen molar-refractivity contribution < 1.29 is 29.5 Å². The van der Waals surface area contributed by atoms with Gasteiger partial charge >= 0.3 is 11.9 Å². The third-order valence-electron chi connectivity index (χ3n) is 2.55. The number of nitrogens with zero attached hydrogens (tertiary/aromatic N) is 2. The molecule has 2 aromatic carbocycles. The number of benzene rings is 2. The lowest BCUT2D eigenvalue weighted by atomic mass is 10.2. The Labute approximate surface area is 124 Å². The number of rotatable bonds is 6. The molecule has 0 atom stereocenters. The van der Waals surface area contributed by atoms with Crippen LogP contribution in [-0.4, -0.2) is 22.2 Å². The molecule has 22 heavy (non-hydrogen) atoms. The quantitative estimate of drug-likeness (QED) is 0.625. The summed E-state index contributed by atoms with van der Waals surface area (Å²) in [5.74, 6) is -2.39. The number of hydrogen-bond acceptors (Lipinski definition) is 6. The molecule has 0 aromatic heterocycles. The standard InChI is InChI=1S/C14H10N2O6/c17-13(18)9-5-1-3-7-11(9)21-15-16-22-12-8-4-2-6-10(12)14(19)20/h1-8H,(H,17,18)(H,19,20). The van der Waals surface area contributed by atoms with Crippen molar-refractivity contribution in [1.29, 1.82) is 0 Å². The second kappa shape index (κ2) is 6.84. The summed E-state index contributed by atoms with van der Waals surface area (Å²) in [6.07, 6.45) is 0. The Kier molecular flexibility index (Phi) is 4.66. The molecule has 0 amide bonds. The largest absolute Gasteiger partial charge is 0.478 e. The maximum atomic E-state index is 10.9. The van der Waals surface area contributed by atoms with Crippen LogP contribution in [0.15, 0.2) is 59.1 Å². The third-order valence-corrected chi connectivity index (χ3v) is 2.55. The Morgan fingerprint density at radius 2 is 1.09 bits per heavy atom.